The topological polar surface area (TPSA) is 111 Å². The van der Waals surface area contributed by atoms with Crippen LogP contribution in [0.2, 0.25) is 0 Å². The highest BCUT2D eigenvalue weighted by atomic mass is 32.1. The maximum absolute atomic E-state index is 12.5. The zero-order chi connectivity index (χ0) is 25.2. The lowest BCUT2D eigenvalue weighted by Gasteiger charge is -2.36. The molecule has 1 fully saturated rings. The third kappa shape index (κ3) is 4.92. The molecule has 9 heteroatoms. The molecule has 1 aromatic carbocycles. The summed E-state index contributed by atoms with van der Waals surface area (Å²) < 4.78 is 5.81. The van der Waals surface area contributed by atoms with Crippen LogP contribution in [-0.4, -0.2) is 51.5 Å². The fraction of sp³-hybridized carbons (Fsp3) is 0.407. The first-order chi connectivity index (χ1) is 17.4. The first-order valence-electron chi connectivity index (χ1n) is 12.3. The summed E-state index contributed by atoms with van der Waals surface area (Å²) in [6.45, 7) is 4.68. The van der Waals surface area contributed by atoms with E-state index in [0.717, 1.165) is 39.6 Å². The van der Waals surface area contributed by atoms with E-state index in [-0.39, 0.29) is 18.2 Å². The Balaban J connectivity index is 1.34. The summed E-state index contributed by atoms with van der Waals surface area (Å²) in [4.78, 5) is 14.1. The van der Waals surface area contributed by atoms with E-state index in [1.165, 1.54) is 5.56 Å². The van der Waals surface area contributed by atoms with Crippen molar-refractivity contribution >= 4 is 22.9 Å². The van der Waals surface area contributed by atoms with Crippen molar-refractivity contribution in [2.45, 2.75) is 57.8 Å². The van der Waals surface area contributed by atoms with E-state index in [2.05, 4.69) is 39.8 Å². The van der Waals surface area contributed by atoms with E-state index in [1.807, 2.05) is 32.1 Å². The number of nitrogens with one attached hydrogen (secondary N) is 1. The van der Waals surface area contributed by atoms with Gasteiger partial charge in [-0.15, -0.1) is 10.2 Å². The molecule has 2 aliphatic carbocycles. The molecule has 1 aromatic heterocycles. The number of aliphatic hydroxyl groups is 1. The molecule has 36 heavy (non-hydrogen) atoms. The second-order valence-electron chi connectivity index (χ2n) is 9.52. The van der Waals surface area contributed by atoms with Crippen LogP contribution in [0.3, 0.4) is 0 Å². The highest BCUT2D eigenvalue weighted by molar-refractivity contribution is 7.15. The number of carbonyl (C=O) groups excluding carboxylic acids is 1. The van der Waals surface area contributed by atoms with Crippen molar-refractivity contribution in [3.8, 4) is 16.6 Å². The minimum atomic E-state index is -0.411. The van der Waals surface area contributed by atoms with Crippen molar-refractivity contribution in [1.29, 1.82) is 5.26 Å². The normalized spacial score (nSPS) is 21.2. The summed E-state index contributed by atoms with van der Waals surface area (Å²) in [5.74, 6) is 0.632. The maximum atomic E-state index is 12.5. The summed E-state index contributed by atoms with van der Waals surface area (Å²) in [5.41, 5.74) is 4.96. The molecule has 2 aromatic rings. The number of nitriles is 1. The number of carbonyl (C=O) groups is 1. The molecule has 2 heterocycles. The van der Waals surface area contributed by atoms with Gasteiger partial charge in [-0.25, -0.2) is 4.79 Å². The quantitative estimate of drug-likeness (QED) is 0.621. The summed E-state index contributed by atoms with van der Waals surface area (Å²) in [5, 5.41) is 32.9. The molecule has 8 nitrogen and oxygen atoms in total. The van der Waals surface area contributed by atoms with Crippen molar-refractivity contribution in [3.63, 3.8) is 0 Å². The first-order valence-corrected chi connectivity index (χ1v) is 13.1. The number of likely N-dealkylation sites (tertiary alicyclic amines) is 1. The van der Waals surface area contributed by atoms with Crippen LogP contribution in [0.25, 0.3) is 16.1 Å². The van der Waals surface area contributed by atoms with Gasteiger partial charge in [-0.2, -0.15) is 5.26 Å². The van der Waals surface area contributed by atoms with E-state index in [0.29, 0.717) is 37.3 Å². The number of hydrogen-bond acceptors (Lipinski definition) is 7. The minimum Gasteiger partial charge on any atom is -0.490 e. The van der Waals surface area contributed by atoms with E-state index < -0.39 is 6.10 Å². The summed E-state index contributed by atoms with van der Waals surface area (Å²) in [6, 6.07) is 8.22. The van der Waals surface area contributed by atoms with Crippen LogP contribution in [0.4, 0.5) is 4.79 Å². The first kappa shape index (κ1) is 24.2. The number of urea groups is 1. The zero-order valence-electron chi connectivity index (χ0n) is 20.4. The molecule has 186 valence electrons. The number of β-amino-alcohol motifs (C(OH)–C–C–N with tert-alkyl or cyclic N) is 1. The average Bonchev–Trinajstić information content (AvgIpc) is 3.46. The SMILES string of the molecule is CC(C)OC1=CC/C=C(/c2nnc(-c3cccc4c3CC[C@H]4NC(=O)N3CC(O)C3)s2)CC=C1C#N. The van der Waals surface area contributed by atoms with Crippen molar-refractivity contribution in [2.75, 3.05) is 13.1 Å². The largest absolute Gasteiger partial charge is 0.490 e. The Morgan fingerprint density at radius 2 is 2.06 bits per heavy atom. The number of amides is 2. The Kier molecular flexibility index (Phi) is 6.90. The highest BCUT2D eigenvalue weighted by Gasteiger charge is 2.33. The maximum Gasteiger partial charge on any atom is 0.318 e. The summed E-state index contributed by atoms with van der Waals surface area (Å²) >= 11 is 1.55. The Bertz CT molecular complexity index is 1300. The molecule has 0 bridgehead atoms. The average molecular weight is 504 g/mol. The number of fused-ring (bicyclic) bond motifs is 1. The molecule has 3 aliphatic rings. The van der Waals surface area contributed by atoms with Gasteiger partial charge in [0.25, 0.3) is 0 Å². The van der Waals surface area contributed by atoms with E-state index in [4.69, 9.17) is 4.74 Å². The molecule has 0 radical (unpaired) electrons. The van der Waals surface area contributed by atoms with Gasteiger partial charge in [0.1, 0.15) is 21.8 Å². The van der Waals surface area contributed by atoms with Gasteiger partial charge in [0, 0.05) is 5.56 Å². The number of hydrogen-bond donors (Lipinski definition) is 2. The van der Waals surface area contributed by atoms with E-state index >= 15 is 0 Å². The Morgan fingerprint density at radius 1 is 1.25 bits per heavy atom. The molecular formula is C27H29N5O3S. The van der Waals surface area contributed by atoms with Crippen molar-refractivity contribution in [1.82, 2.24) is 20.4 Å². The van der Waals surface area contributed by atoms with Crippen molar-refractivity contribution in [2.24, 2.45) is 0 Å². The second-order valence-corrected chi connectivity index (χ2v) is 10.5. The third-order valence-corrected chi connectivity index (χ3v) is 7.62. The third-order valence-electron chi connectivity index (χ3n) is 6.59. The van der Waals surface area contributed by atoms with Gasteiger partial charge in [-0.05, 0) is 62.3 Å². The van der Waals surface area contributed by atoms with Crippen molar-refractivity contribution < 1.29 is 14.6 Å². The molecule has 2 N–H and O–H groups in total. The molecular weight excluding hydrogens is 474 g/mol. The smallest absolute Gasteiger partial charge is 0.318 e. The summed E-state index contributed by atoms with van der Waals surface area (Å²) in [6.07, 6.45) is 8.47. The van der Waals surface area contributed by atoms with Crippen molar-refractivity contribution in [3.05, 3.63) is 63.9 Å². The van der Waals surface area contributed by atoms with Crippen LogP contribution >= 0.6 is 11.3 Å². The fourth-order valence-electron chi connectivity index (χ4n) is 4.78. The van der Waals surface area contributed by atoms with Gasteiger partial charge in [-0.3, -0.25) is 0 Å². The van der Waals surface area contributed by atoms with E-state index in [1.54, 1.807) is 16.2 Å². The van der Waals surface area contributed by atoms with Crippen LogP contribution in [0, 0.1) is 11.3 Å². The van der Waals surface area contributed by atoms with Crippen LogP contribution in [0.15, 0.2) is 47.8 Å². The molecule has 1 saturated heterocycles. The summed E-state index contributed by atoms with van der Waals surface area (Å²) in [7, 11) is 0. The number of nitrogens with zero attached hydrogens (tertiary/aromatic N) is 4. The standard InChI is InChI=1S/C27H29N5O3S/c1-16(2)35-24-8-3-5-17(9-10-18(24)13-28)25-30-31-26(36-25)22-7-4-6-21-20(22)11-12-23(21)29-27(34)32-14-19(33)15-32/h4-8,10,16,19,23,33H,3,9,11-12,14-15H2,1-2H3,(H,29,34)/b17-5+,18-10?,24-8?/t23-/m1/s1. The van der Waals surface area contributed by atoms with Crippen LogP contribution in [0.5, 0.6) is 0 Å². The molecule has 5 rings (SSSR count). The van der Waals surface area contributed by atoms with Gasteiger partial charge in [-0.1, -0.05) is 41.7 Å². The monoisotopic (exact) mass is 503 g/mol. The van der Waals surface area contributed by atoms with Crippen LogP contribution < -0.4 is 5.32 Å². The number of allylic oxidation sites excluding steroid dienone is 5. The number of aromatic nitrogens is 2. The molecule has 2 amide bonds. The number of rotatable bonds is 5. The Morgan fingerprint density at radius 3 is 2.81 bits per heavy atom. The second kappa shape index (κ2) is 10.2. The fourth-order valence-corrected chi connectivity index (χ4v) is 5.73. The van der Waals surface area contributed by atoms with Gasteiger partial charge < -0.3 is 20.1 Å². The number of benzene rings is 1. The van der Waals surface area contributed by atoms with Crippen LogP contribution in [-0.2, 0) is 11.2 Å². The Labute approximate surface area is 214 Å². The zero-order valence-corrected chi connectivity index (χ0v) is 21.2. The molecule has 1 atom stereocenters. The number of aliphatic hydroxyl groups excluding tert-OH is 1. The van der Waals surface area contributed by atoms with Gasteiger partial charge in [0.05, 0.1) is 36.9 Å². The highest BCUT2D eigenvalue weighted by Crippen LogP contribution is 2.40. The lowest BCUT2D eigenvalue weighted by Crippen LogP contribution is -2.57. The molecule has 0 saturated carbocycles. The Hall–Kier alpha value is -3.48. The van der Waals surface area contributed by atoms with Gasteiger partial charge in [0.15, 0.2) is 0 Å². The number of ether oxygens (including phenoxy) is 1. The molecule has 0 spiro atoms. The predicted molar refractivity (Wildman–Crippen MR) is 138 cm³/mol. The van der Waals surface area contributed by atoms with Crippen LogP contribution in [0.1, 0.15) is 55.3 Å². The lowest BCUT2D eigenvalue weighted by molar-refractivity contribution is 0.0257. The minimum absolute atomic E-state index is 0.00531. The molecule has 1 aliphatic heterocycles. The van der Waals surface area contributed by atoms with Gasteiger partial charge in [0.2, 0.25) is 0 Å². The van der Waals surface area contributed by atoms with E-state index in [9.17, 15) is 15.2 Å². The van der Waals surface area contributed by atoms with Gasteiger partial charge >= 0.3 is 6.03 Å². The lowest BCUT2D eigenvalue weighted by atomic mass is 10.0. The molecule has 0 unspecified atom stereocenters. The predicted octanol–water partition coefficient (Wildman–Crippen LogP) is 4.51.